The lowest BCUT2D eigenvalue weighted by atomic mass is 9.40. The molecule has 0 unspecified atom stereocenters. The van der Waals surface area contributed by atoms with E-state index in [9.17, 15) is 14.7 Å². The molecular formula is C30H44O6. The molecule has 4 aliphatic carbocycles. The Hall–Kier alpha value is -1.50. The number of aliphatic hydroxyl groups excluding tert-OH is 1. The van der Waals surface area contributed by atoms with Gasteiger partial charge >= 0.3 is 5.97 Å². The standard InChI is InChI=1S/C30H44O6/c1-26(2,36-34)12-8-9-17-23-21(35-25(17)33)16-30(7)19-15-20(31)24-27(3,4)22(32)11-13-28(24,5)18(19)10-14-29(23,30)6/h8,12,15,17-18,21-24,32,34H,9-11,13-14,16H2,1-7H3/b12-8+/t17-,18+,21+,22+,23-,24-,28-,29+,30-/m1/s1. The van der Waals surface area contributed by atoms with Gasteiger partial charge in [0.25, 0.3) is 0 Å². The van der Waals surface area contributed by atoms with Gasteiger partial charge in [-0.1, -0.05) is 52.3 Å². The van der Waals surface area contributed by atoms with Crippen molar-refractivity contribution in [2.75, 3.05) is 0 Å². The van der Waals surface area contributed by atoms with Crippen molar-refractivity contribution in [1.82, 2.24) is 0 Å². The molecule has 2 N–H and O–H groups in total. The van der Waals surface area contributed by atoms with Crippen LogP contribution >= 0.6 is 0 Å². The predicted molar refractivity (Wildman–Crippen MR) is 136 cm³/mol. The normalized spacial score (nSPS) is 47.6. The molecule has 0 radical (unpaired) electrons. The minimum Gasteiger partial charge on any atom is -0.462 e. The van der Waals surface area contributed by atoms with Gasteiger partial charge in [-0.05, 0) is 80.6 Å². The fourth-order valence-electron chi connectivity index (χ4n) is 9.64. The molecule has 0 bridgehead atoms. The van der Waals surface area contributed by atoms with Gasteiger partial charge in [-0.25, -0.2) is 4.89 Å². The largest absolute Gasteiger partial charge is 0.462 e. The zero-order chi connectivity index (χ0) is 26.5. The lowest BCUT2D eigenvalue weighted by Crippen LogP contribution is -2.60. The third-order valence-corrected chi connectivity index (χ3v) is 11.7. The summed E-state index contributed by atoms with van der Waals surface area (Å²) in [4.78, 5) is 31.3. The van der Waals surface area contributed by atoms with E-state index in [4.69, 9.17) is 9.99 Å². The molecular weight excluding hydrogens is 456 g/mol. The van der Waals surface area contributed by atoms with Crippen LogP contribution in [0.15, 0.2) is 23.8 Å². The first-order valence-electron chi connectivity index (χ1n) is 13.8. The molecule has 9 atom stereocenters. The summed E-state index contributed by atoms with van der Waals surface area (Å²) in [6, 6.07) is 0. The Bertz CT molecular complexity index is 1020. The minimum atomic E-state index is -0.811. The van der Waals surface area contributed by atoms with E-state index in [0.717, 1.165) is 32.1 Å². The molecule has 1 heterocycles. The predicted octanol–water partition coefficient (Wildman–Crippen LogP) is 5.50. The van der Waals surface area contributed by atoms with Gasteiger partial charge in [0, 0.05) is 17.3 Å². The van der Waals surface area contributed by atoms with Gasteiger partial charge in [-0.3, -0.25) is 14.8 Å². The quantitative estimate of drug-likeness (QED) is 0.229. The molecule has 5 rings (SSSR count). The number of allylic oxidation sites excluding steroid dienone is 3. The fourth-order valence-corrected chi connectivity index (χ4v) is 9.64. The average molecular weight is 501 g/mol. The topological polar surface area (TPSA) is 93.1 Å². The molecule has 200 valence electrons. The van der Waals surface area contributed by atoms with Gasteiger partial charge in [0.05, 0.1) is 12.0 Å². The number of hydrogen-bond donors (Lipinski definition) is 2. The Kier molecular flexibility index (Phi) is 5.81. The molecule has 0 aromatic rings. The smallest absolute Gasteiger partial charge is 0.309 e. The molecule has 0 amide bonds. The van der Waals surface area contributed by atoms with Crippen LogP contribution in [0.5, 0.6) is 0 Å². The molecule has 5 aliphatic rings. The van der Waals surface area contributed by atoms with E-state index in [1.807, 2.05) is 12.2 Å². The van der Waals surface area contributed by atoms with E-state index < -0.39 is 17.1 Å². The summed E-state index contributed by atoms with van der Waals surface area (Å²) in [5.41, 5.74) is -0.526. The third-order valence-electron chi connectivity index (χ3n) is 11.7. The van der Waals surface area contributed by atoms with Gasteiger partial charge in [0.2, 0.25) is 0 Å². The number of esters is 1. The Balaban J connectivity index is 1.51. The van der Waals surface area contributed by atoms with Gasteiger partial charge in [0.15, 0.2) is 5.78 Å². The Morgan fingerprint density at radius 3 is 2.50 bits per heavy atom. The third kappa shape index (κ3) is 3.32. The van der Waals surface area contributed by atoms with Crippen molar-refractivity contribution < 1.29 is 29.6 Å². The van der Waals surface area contributed by atoms with Gasteiger partial charge in [-0.15, -0.1) is 0 Å². The average Bonchev–Trinajstić information content (AvgIpc) is 3.20. The highest BCUT2D eigenvalue weighted by Crippen LogP contribution is 2.74. The van der Waals surface area contributed by atoms with E-state index in [1.165, 1.54) is 5.57 Å². The van der Waals surface area contributed by atoms with Gasteiger partial charge in [-0.2, -0.15) is 0 Å². The van der Waals surface area contributed by atoms with Crippen LogP contribution < -0.4 is 0 Å². The number of carbonyl (C=O) groups is 2. The second-order valence-corrected chi connectivity index (χ2v) is 14.3. The molecule has 0 aromatic carbocycles. The number of carbonyl (C=O) groups excluding carboxylic acids is 2. The Labute approximate surface area is 215 Å². The SMILES string of the molecule is CC(C)(/C=C/C[C@H]1C(=O)O[C@H]2C[C@]3(C)C4=CC(=O)[C@@H]5C(C)(C)[C@@H](O)CC[C@]5(C)[C@H]4CC[C@@]3(C)[C@@H]21)OO. The number of aliphatic hydroxyl groups is 1. The molecule has 1 aliphatic heterocycles. The van der Waals surface area contributed by atoms with E-state index in [1.54, 1.807) is 19.9 Å². The molecule has 1 saturated heterocycles. The van der Waals surface area contributed by atoms with Crippen molar-refractivity contribution in [3.8, 4) is 0 Å². The van der Waals surface area contributed by atoms with Crippen LogP contribution in [0, 0.1) is 45.3 Å². The van der Waals surface area contributed by atoms with E-state index in [2.05, 4.69) is 39.5 Å². The second-order valence-electron chi connectivity index (χ2n) is 14.3. The van der Waals surface area contributed by atoms with E-state index >= 15 is 0 Å². The van der Waals surface area contributed by atoms with Gasteiger partial charge < -0.3 is 9.84 Å². The number of rotatable bonds is 4. The summed E-state index contributed by atoms with van der Waals surface area (Å²) in [6.07, 6.45) is 9.97. The van der Waals surface area contributed by atoms with Crippen molar-refractivity contribution in [3.05, 3.63) is 23.8 Å². The molecule has 6 nitrogen and oxygen atoms in total. The van der Waals surface area contributed by atoms with Crippen LogP contribution in [-0.2, 0) is 19.2 Å². The molecule has 0 aromatic heterocycles. The maximum Gasteiger partial charge on any atom is 0.309 e. The summed E-state index contributed by atoms with van der Waals surface area (Å²) < 4.78 is 6.02. The van der Waals surface area contributed by atoms with Crippen molar-refractivity contribution in [2.45, 2.75) is 105 Å². The number of ketones is 1. The molecule has 4 fully saturated rings. The highest BCUT2D eigenvalue weighted by molar-refractivity contribution is 5.95. The van der Waals surface area contributed by atoms with Crippen LogP contribution in [0.4, 0.5) is 0 Å². The second kappa shape index (κ2) is 8.00. The Morgan fingerprint density at radius 1 is 1.14 bits per heavy atom. The van der Waals surface area contributed by atoms with Crippen LogP contribution in [0.25, 0.3) is 0 Å². The first kappa shape index (κ1) is 26.1. The lowest BCUT2D eigenvalue weighted by molar-refractivity contribution is -0.297. The summed E-state index contributed by atoms with van der Waals surface area (Å²) in [5, 5.41) is 19.9. The summed E-state index contributed by atoms with van der Waals surface area (Å²) in [6.45, 7) is 14.6. The van der Waals surface area contributed by atoms with Crippen molar-refractivity contribution in [2.24, 2.45) is 45.3 Å². The summed E-state index contributed by atoms with van der Waals surface area (Å²) >= 11 is 0. The first-order chi connectivity index (χ1) is 16.6. The fraction of sp³-hybridized carbons (Fsp3) is 0.800. The Morgan fingerprint density at radius 2 is 1.83 bits per heavy atom. The van der Waals surface area contributed by atoms with Crippen molar-refractivity contribution in [3.63, 3.8) is 0 Å². The van der Waals surface area contributed by atoms with Crippen LogP contribution in [-0.4, -0.2) is 39.9 Å². The zero-order valence-electron chi connectivity index (χ0n) is 23.0. The highest BCUT2D eigenvalue weighted by atomic mass is 17.1. The summed E-state index contributed by atoms with van der Waals surface area (Å²) in [5.74, 6) is 0.00914. The van der Waals surface area contributed by atoms with E-state index in [0.29, 0.717) is 12.3 Å². The van der Waals surface area contributed by atoms with Crippen molar-refractivity contribution >= 4 is 11.8 Å². The van der Waals surface area contributed by atoms with E-state index in [-0.39, 0.29) is 51.9 Å². The molecule has 6 heteroatoms. The molecule has 3 saturated carbocycles. The summed E-state index contributed by atoms with van der Waals surface area (Å²) in [7, 11) is 0. The molecule has 36 heavy (non-hydrogen) atoms. The first-order valence-corrected chi connectivity index (χ1v) is 13.8. The van der Waals surface area contributed by atoms with Gasteiger partial charge in [0.1, 0.15) is 11.7 Å². The highest BCUT2D eigenvalue weighted by Gasteiger charge is 2.71. The lowest BCUT2D eigenvalue weighted by Gasteiger charge is -2.63. The number of ether oxygens (including phenoxy) is 1. The number of hydrogen-bond acceptors (Lipinski definition) is 6. The van der Waals surface area contributed by atoms with Crippen LogP contribution in [0.2, 0.25) is 0 Å². The zero-order valence-corrected chi connectivity index (χ0v) is 23.0. The molecule has 0 spiro atoms. The number of fused-ring (bicyclic) bond motifs is 7. The maximum absolute atomic E-state index is 13.8. The maximum atomic E-state index is 13.8. The monoisotopic (exact) mass is 500 g/mol. The van der Waals surface area contributed by atoms with Crippen LogP contribution in [0.3, 0.4) is 0 Å². The minimum absolute atomic E-state index is 0.0879. The van der Waals surface area contributed by atoms with Crippen molar-refractivity contribution in [1.29, 1.82) is 0 Å². The van der Waals surface area contributed by atoms with Crippen LogP contribution in [0.1, 0.15) is 87.0 Å².